The van der Waals surface area contributed by atoms with Crippen LogP contribution >= 0.6 is 23.6 Å². The predicted octanol–water partition coefficient (Wildman–Crippen LogP) is 0.535. The Kier molecular flexibility index (Phi) is 3.21. The van der Waals surface area contributed by atoms with E-state index < -0.39 is 0 Å². The zero-order valence-corrected chi connectivity index (χ0v) is 8.59. The van der Waals surface area contributed by atoms with Crippen LogP contribution in [0.25, 0.3) is 0 Å². The maximum Gasteiger partial charge on any atom is 0.270 e. The molecule has 4 N–H and O–H groups in total. The minimum absolute atomic E-state index is 0.0428. The Morgan fingerprint density at radius 3 is 2.69 bits per heavy atom. The van der Waals surface area contributed by atoms with E-state index in [4.69, 9.17) is 5.73 Å². The molecule has 13 heavy (non-hydrogen) atoms. The molecule has 0 spiro atoms. The van der Waals surface area contributed by atoms with Crippen LogP contribution in [0.1, 0.15) is 15.9 Å². The molecule has 0 atom stereocenters. The summed E-state index contributed by atoms with van der Waals surface area (Å²) in [5, 5.41) is 3.71. The summed E-state index contributed by atoms with van der Waals surface area (Å²) < 4.78 is 0. The molecule has 0 bridgehead atoms. The number of rotatable bonds is 1. The van der Waals surface area contributed by atoms with Gasteiger partial charge in [0.25, 0.3) is 5.91 Å². The molecule has 0 radical (unpaired) electrons. The van der Waals surface area contributed by atoms with Crippen molar-refractivity contribution in [3.63, 3.8) is 0 Å². The van der Waals surface area contributed by atoms with Gasteiger partial charge in [0.2, 0.25) is 0 Å². The van der Waals surface area contributed by atoms with Gasteiger partial charge >= 0.3 is 0 Å². The highest BCUT2D eigenvalue weighted by molar-refractivity contribution is 7.80. The highest BCUT2D eigenvalue weighted by Crippen LogP contribution is 2.12. The molecular weight excluding hydrogens is 206 g/mol. The first kappa shape index (κ1) is 9.94. The van der Waals surface area contributed by atoms with Crippen LogP contribution in [0, 0.1) is 6.92 Å². The van der Waals surface area contributed by atoms with E-state index in [-0.39, 0.29) is 11.0 Å². The Bertz CT molecular complexity index is 334. The second-order valence-electron chi connectivity index (χ2n) is 2.41. The smallest absolute Gasteiger partial charge is 0.270 e. The first-order valence-electron chi connectivity index (χ1n) is 3.50. The maximum absolute atomic E-state index is 11.3. The molecule has 1 amide bonds. The fraction of sp³-hybridized carbons (Fsp3) is 0.143. The van der Waals surface area contributed by atoms with Gasteiger partial charge in [-0.3, -0.25) is 15.6 Å². The zero-order valence-electron chi connectivity index (χ0n) is 6.96. The lowest BCUT2D eigenvalue weighted by Gasteiger charge is -2.05. The third kappa shape index (κ3) is 2.67. The number of nitrogens with two attached hydrogens (primary N) is 1. The maximum atomic E-state index is 11.3. The Hall–Kier alpha value is -1.14. The fourth-order valence-electron chi connectivity index (χ4n) is 0.779. The number of nitrogens with one attached hydrogen (secondary N) is 2. The van der Waals surface area contributed by atoms with Crippen molar-refractivity contribution in [1.82, 2.24) is 10.9 Å². The standard InChI is InChI=1S/C7H9N3OS2/c1-4-2-13-3-5(4)6(11)9-10-7(8)12/h2-3H,1H3,(H,9,11)(H3,8,10,12). The predicted molar refractivity (Wildman–Crippen MR) is 56.4 cm³/mol. The van der Waals surface area contributed by atoms with E-state index in [1.807, 2.05) is 12.3 Å². The van der Waals surface area contributed by atoms with Crippen molar-refractivity contribution in [2.75, 3.05) is 0 Å². The van der Waals surface area contributed by atoms with Gasteiger partial charge in [-0.05, 0) is 30.1 Å². The van der Waals surface area contributed by atoms with E-state index in [0.717, 1.165) is 5.56 Å². The van der Waals surface area contributed by atoms with Crippen LogP contribution in [0.4, 0.5) is 0 Å². The Balaban J connectivity index is 2.59. The molecule has 0 aliphatic rings. The highest BCUT2D eigenvalue weighted by atomic mass is 32.1. The molecule has 1 aromatic heterocycles. The van der Waals surface area contributed by atoms with Gasteiger partial charge in [-0.1, -0.05) is 0 Å². The van der Waals surface area contributed by atoms with Crippen LogP contribution in [-0.2, 0) is 0 Å². The van der Waals surface area contributed by atoms with Crippen molar-refractivity contribution in [3.8, 4) is 0 Å². The number of hydrogen-bond donors (Lipinski definition) is 3. The van der Waals surface area contributed by atoms with Crippen molar-refractivity contribution >= 4 is 34.6 Å². The largest absolute Gasteiger partial charge is 0.375 e. The first-order valence-corrected chi connectivity index (χ1v) is 4.85. The number of amides is 1. The van der Waals surface area contributed by atoms with E-state index in [2.05, 4.69) is 23.1 Å². The molecule has 0 fully saturated rings. The monoisotopic (exact) mass is 215 g/mol. The van der Waals surface area contributed by atoms with Crippen LogP contribution in [-0.4, -0.2) is 11.0 Å². The lowest BCUT2D eigenvalue weighted by atomic mass is 10.2. The summed E-state index contributed by atoms with van der Waals surface area (Å²) in [7, 11) is 0. The Morgan fingerprint density at radius 2 is 2.23 bits per heavy atom. The molecule has 6 heteroatoms. The molecule has 1 heterocycles. The number of aryl methyl sites for hydroxylation is 1. The van der Waals surface area contributed by atoms with Crippen molar-refractivity contribution in [2.24, 2.45) is 5.73 Å². The minimum atomic E-state index is -0.230. The summed E-state index contributed by atoms with van der Waals surface area (Å²) in [6.45, 7) is 1.87. The van der Waals surface area contributed by atoms with Crippen LogP contribution in [0.2, 0.25) is 0 Å². The SMILES string of the molecule is Cc1cscc1C(=O)NNC(N)=S. The van der Waals surface area contributed by atoms with Crippen LogP contribution in [0.3, 0.4) is 0 Å². The molecular formula is C7H9N3OS2. The first-order chi connectivity index (χ1) is 6.11. The van der Waals surface area contributed by atoms with Crippen LogP contribution in [0.5, 0.6) is 0 Å². The van der Waals surface area contributed by atoms with Gasteiger partial charge in [-0.2, -0.15) is 11.3 Å². The molecule has 0 saturated carbocycles. The summed E-state index contributed by atoms with van der Waals surface area (Å²) in [6.07, 6.45) is 0. The molecule has 0 unspecified atom stereocenters. The minimum Gasteiger partial charge on any atom is -0.375 e. The second-order valence-corrected chi connectivity index (χ2v) is 3.60. The van der Waals surface area contributed by atoms with Gasteiger partial charge in [0, 0.05) is 5.38 Å². The average Bonchev–Trinajstić information content (AvgIpc) is 2.47. The zero-order chi connectivity index (χ0) is 9.84. The van der Waals surface area contributed by atoms with E-state index in [9.17, 15) is 4.79 Å². The molecule has 1 aromatic rings. The Morgan fingerprint density at radius 1 is 1.54 bits per heavy atom. The van der Waals surface area contributed by atoms with E-state index in [1.165, 1.54) is 11.3 Å². The van der Waals surface area contributed by atoms with E-state index in [1.54, 1.807) is 5.38 Å². The Labute approximate surface area is 85.1 Å². The fourth-order valence-corrected chi connectivity index (χ4v) is 1.66. The lowest BCUT2D eigenvalue weighted by Crippen LogP contribution is -2.44. The van der Waals surface area contributed by atoms with E-state index >= 15 is 0 Å². The average molecular weight is 215 g/mol. The van der Waals surface area contributed by atoms with Crippen molar-refractivity contribution < 1.29 is 4.79 Å². The summed E-state index contributed by atoms with van der Waals surface area (Å²) in [5.41, 5.74) is 11.5. The number of thiophene rings is 1. The molecule has 0 saturated heterocycles. The third-order valence-electron chi connectivity index (χ3n) is 1.40. The number of carbonyl (C=O) groups is 1. The van der Waals surface area contributed by atoms with Crippen molar-refractivity contribution in [2.45, 2.75) is 6.92 Å². The lowest BCUT2D eigenvalue weighted by molar-refractivity contribution is 0.0944. The molecule has 0 aliphatic carbocycles. The van der Waals surface area contributed by atoms with Gasteiger partial charge in [0.15, 0.2) is 5.11 Å². The van der Waals surface area contributed by atoms with Gasteiger partial charge in [-0.15, -0.1) is 0 Å². The molecule has 4 nitrogen and oxygen atoms in total. The topological polar surface area (TPSA) is 67.2 Å². The van der Waals surface area contributed by atoms with Gasteiger partial charge in [0.05, 0.1) is 5.56 Å². The number of hydrazine groups is 1. The number of hydrogen-bond acceptors (Lipinski definition) is 3. The normalized spacial score (nSPS) is 9.31. The van der Waals surface area contributed by atoms with Gasteiger partial charge < -0.3 is 5.73 Å². The molecule has 0 aliphatic heterocycles. The quantitative estimate of drug-likeness (QED) is 0.472. The third-order valence-corrected chi connectivity index (χ3v) is 2.36. The van der Waals surface area contributed by atoms with E-state index in [0.29, 0.717) is 5.56 Å². The summed E-state index contributed by atoms with van der Waals surface area (Å²) in [5.74, 6) is -0.230. The highest BCUT2D eigenvalue weighted by Gasteiger charge is 2.08. The van der Waals surface area contributed by atoms with Crippen LogP contribution < -0.4 is 16.6 Å². The van der Waals surface area contributed by atoms with Gasteiger partial charge in [0.1, 0.15) is 0 Å². The second kappa shape index (κ2) is 4.20. The van der Waals surface area contributed by atoms with Crippen molar-refractivity contribution in [3.05, 3.63) is 21.9 Å². The summed E-state index contributed by atoms with van der Waals surface area (Å²) in [6, 6.07) is 0. The summed E-state index contributed by atoms with van der Waals surface area (Å²) in [4.78, 5) is 11.3. The molecule has 1 rings (SSSR count). The number of thiocarbonyl (C=S) groups is 1. The van der Waals surface area contributed by atoms with Crippen molar-refractivity contribution in [1.29, 1.82) is 0 Å². The summed E-state index contributed by atoms with van der Waals surface area (Å²) >= 11 is 6.01. The molecule has 0 aromatic carbocycles. The van der Waals surface area contributed by atoms with Crippen LogP contribution in [0.15, 0.2) is 10.8 Å². The molecule has 70 valence electrons. The number of carbonyl (C=O) groups excluding carboxylic acids is 1. The van der Waals surface area contributed by atoms with Gasteiger partial charge in [-0.25, -0.2) is 0 Å².